The van der Waals surface area contributed by atoms with Crippen molar-refractivity contribution in [1.29, 1.82) is 0 Å². The van der Waals surface area contributed by atoms with E-state index in [1.54, 1.807) is 0 Å². The summed E-state index contributed by atoms with van der Waals surface area (Å²) in [6, 6.07) is 9.28. The first kappa shape index (κ1) is 19.8. The predicted octanol–water partition coefficient (Wildman–Crippen LogP) is 3.37. The molecule has 3 N–H and O–H groups in total. The monoisotopic (exact) mass is 367 g/mol. The fourth-order valence-corrected chi connectivity index (χ4v) is 3.61. The van der Waals surface area contributed by atoms with Gasteiger partial charge in [-0.3, -0.25) is 0 Å². The molecule has 0 saturated carbocycles. The molecule has 1 aliphatic rings. The van der Waals surface area contributed by atoms with Crippen molar-refractivity contribution in [2.75, 3.05) is 25.0 Å². The fraction of sp³-hybridized carbons (Fsp3) is 0.545. The Morgan fingerprint density at radius 3 is 2.93 bits per heavy atom. The van der Waals surface area contributed by atoms with Crippen molar-refractivity contribution in [2.24, 2.45) is 0 Å². The van der Waals surface area contributed by atoms with Crippen molar-refractivity contribution in [3.05, 3.63) is 52.8 Å². The fourth-order valence-electron chi connectivity index (χ4n) is 3.61. The maximum atomic E-state index is 4.73. The molecule has 3 rings (SSSR count). The quantitative estimate of drug-likeness (QED) is 0.593. The largest absolute Gasteiger partial charge is 0.354 e. The van der Waals surface area contributed by atoms with Crippen molar-refractivity contribution < 1.29 is 0 Å². The zero-order chi connectivity index (χ0) is 18.9. The van der Waals surface area contributed by atoms with E-state index in [4.69, 9.17) is 4.98 Å². The Kier molecular flexibility index (Phi) is 7.60. The first-order valence-corrected chi connectivity index (χ1v) is 10.3. The maximum absolute atomic E-state index is 4.73. The molecule has 1 unspecified atom stereocenters. The molecule has 1 atom stereocenters. The van der Waals surface area contributed by atoms with Crippen LogP contribution in [0.3, 0.4) is 0 Å². The number of nitrogens with zero attached hydrogens (tertiary/aromatic N) is 2. The number of anilines is 1. The Labute approximate surface area is 163 Å². The number of benzene rings is 1. The lowest BCUT2D eigenvalue weighted by Gasteiger charge is -2.23. The van der Waals surface area contributed by atoms with Gasteiger partial charge in [0.25, 0.3) is 0 Å². The molecule has 27 heavy (non-hydrogen) atoms. The molecule has 0 bridgehead atoms. The lowest BCUT2D eigenvalue weighted by atomic mass is 10.0. The molecule has 2 aromatic rings. The Bertz CT molecular complexity index is 710. The summed E-state index contributed by atoms with van der Waals surface area (Å²) in [6.07, 6.45) is 7.92. The van der Waals surface area contributed by atoms with E-state index < -0.39 is 0 Å². The molecule has 0 aliphatic carbocycles. The Morgan fingerprint density at radius 1 is 1.19 bits per heavy atom. The standard InChI is InChI=1S/C22H33N5/c1-17-6-5-7-19(14-17)16-23-12-10-21-18(2)15-26-22(27-21)25-13-9-20-8-3-4-11-24-20/h5-7,14-15,20,23-24H,3-4,8-13,16H2,1-2H3,(H,25,26,27). The van der Waals surface area contributed by atoms with Crippen molar-refractivity contribution in [3.8, 4) is 0 Å². The third kappa shape index (κ3) is 6.60. The summed E-state index contributed by atoms with van der Waals surface area (Å²) in [5.74, 6) is 0.755. The highest BCUT2D eigenvalue weighted by molar-refractivity contribution is 5.29. The number of aromatic nitrogens is 2. The lowest BCUT2D eigenvalue weighted by Crippen LogP contribution is -2.35. The van der Waals surface area contributed by atoms with Gasteiger partial charge in [-0.2, -0.15) is 0 Å². The molecule has 1 fully saturated rings. The minimum absolute atomic E-state index is 0.641. The van der Waals surface area contributed by atoms with Crippen molar-refractivity contribution in [1.82, 2.24) is 20.6 Å². The molecule has 0 spiro atoms. The normalized spacial score (nSPS) is 17.0. The number of piperidine rings is 1. The van der Waals surface area contributed by atoms with Crippen LogP contribution in [0.15, 0.2) is 30.5 Å². The van der Waals surface area contributed by atoms with Crippen LogP contribution < -0.4 is 16.0 Å². The number of hydrogen-bond acceptors (Lipinski definition) is 5. The summed E-state index contributed by atoms with van der Waals surface area (Å²) < 4.78 is 0. The smallest absolute Gasteiger partial charge is 0.222 e. The SMILES string of the molecule is Cc1cccc(CNCCc2nc(NCCC3CCCCN3)ncc2C)c1. The Morgan fingerprint density at radius 2 is 2.11 bits per heavy atom. The van der Waals surface area contributed by atoms with Gasteiger partial charge in [0.15, 0.2) is 0 Å². The Hall–Kier alpha value is -1.98. The second-order valence-corrected chi connectivity index (χ2v) is 7.60. The van der Waals surface area contributed by atoms with Gasteiger partial charge in [0.05, 0.1) is 5.69 Å². The molecule has 0 radical (unpaired) electrons. The van der Waals surface area contributed by atoms with E-state index in [0.29, 0.717) is 6.04 Å². The summed E-state index contributed by atoms with van der Waals surface area (Å²) in [4.78, 5) is 9.18. The van der Waals surface area contributed by atoms with Crippen molar-refractivity contribution in [3.63, 3.8) is 0 Å². The zero-order valence-corrected chi connectivity index (χ0v) is 16.7. The minimum Gasteiger partial charge on any atom is -0.354 e. The lowest BCUT2D eigenvalue weighted by molar-refractivity contribution is 0.388. The van der Waals surface area contributed by atoms with Crippen LogP contribution in [-0.2, 0) is 13.0 Å². The van der Waals surface area contributed by atoms with Crippen LogP contribution in [0.4, 0.5) is 5.95 Å². The Balaban J connectivity index is 1.42. The van der Waals surface area contributed by atoms with E-state index in [-0.39, 0.29) is 0 Å². The highest BCUT2D eigenvalue weighted by Crippen LogP contribution is 2.11. The van der Waals surface area contributed by atoms with Crippen LogP contribution in [0, 0.1) is 13.8 Å². The number of hydrogen-bond donors (Lipinski definition) is 3. The molecule has 1 saturated heterocycles. The first-order valence-electron chi connectivity index (χ1n) is 10.3. The second-order valence-electron chi connectivity index (χ2n) is 7.60. The molecular formula is C22H33N5. The molecule has 5 heteroatoms. The average Bonchev–Trinajstić information content (AvgIpc) is 2.68. The van der Waals surface area contributed by atoms with Crippen LogP contribution in [-0.4, -0.2) is 35.6 Å². The summed E-state index contributed by atoms with van der Waals surface area (Å²) in [5.41, 5.74) is 4.92. The summed E-state index contributed by atoms with van der Waals surface area (Å²) in [5, 5.41) is 10.5. The third-order valence-electron chi connectivity index (χ3n) is 5.22. The number of rotatable bonds is 9. The van der Waals surface area contributed by atoms with Gasteiger partial charge < -0.3 is 16.0 Å². The van der Waals surface area contributed by atoms with Gasteiger partial charge in [0, 0.05) is 38.3 Å². The maximum Gasteiger partial charge on any atom is 0.222 e. The average molecular weight is 368 g/mol. The van der Waals surface area contributed by atoms with Gasteiger partial charge in [-0.25, -0.2) is 9.97 Å². The van der Waals surface area contributed by atoms with E-state index in [2.05, 4.69) is 59.0 Å². The number of nitrogens with one attached hydrogen (secondary N) is 3. The van der Waals surface area contributed by atoms with Crippen LogP contribution in [0.25, 0.3) is 0 Å². The van der Waals surface area contributed by atoms with Gasteiger partial charge in [-0.05, 0) is 50.8 Å². The summed E-state index contributed by atoms with van der Waals surface area (Å²) in [7, 11) is 0. The van der Waals surface area contributed by atoms with E-state index in [1.165, 1.54) is 30.4 Å². The summed E-state index contributed by atoms with van der Waals surface area (Å²) in [6.45, 7) is 8.11. The molecule has 1 aromatic heterocycles. The minimum atomic E-state index is 0.641. The third-order valence-corrected chi connectivity index (χ3v) is 5.22. The van der Waals surface area contributed by atoms with Crippen molar-refractivity contribution in [2.45, 2.75) is 58.5 Å². The molecule has 0 amide bonds. The van der Waals surface area contributed by atoms with Gasteiger partial charge in [0.1, 0.15) is 0 Å². The van der Waals surface area contributed by atoms with E-state index in [0.717, 1.165) is 56.2 Å². The van der Waals surface area contributed by atoms with Gasteiger partial charge in [-0.15, -0.1) is 0 Å². The predicted molar refractivity (Wildman–Crippen MR) is 112 cm³/mol. The van der Waals surface area contributed by atoms with Gasteiger partial charge in [0.2, 0.25) is 5.95 Å². The summed E-state index contributed by atoms with van der Waals surface area (Å²) >= 11 is 0. The topological polar surface area (TPSA) is 61.9 Å². The van der Waals surface area contributed by atoms with E-state index in [1.807, 2.05) is 6.20 Å². The van der Waals surface area contributed by atoms with Crippen LogP contribution >= 0.6 is 0 Å². The molecule has 2 heterocycles. The molecule has 5 nitrogen and oxygen atoms in total. The van der Waals surface area contributed by atoms with Gasteiger partial charge >= 0.3 is 0 Å². The van der Waals surface area contributed by atoms with Crippen LogP contribution in [0.5, 0.6) is 0 Å². The highest BCUT2D eigenvalue weighted by Gasteiger charge is 2.12. The number of aryl methyl sites for hydroxylation is 2. The second kappa shape index (κ2) is 10.4. The molecule has 1 aromatic carbocycles. The molecular weight excluding hydrogens is 334 g/mol. The zero-order valence-electron chi connectivity index (χ0n) is 16.7. The first-order chi connectivity index (χ1) is 13.2. The molecule has 146 valence electrons. The van der Waals surface area contributed by atoms with Crippen LogP contribution in [0.1, 0.15) is 48.1 Å². The van der Waals surface area contributed by atoms with Gasteiger partial charge in [-0.1, -0.05) is 36.2 Å². The molecule has 1 aliphatic heterocycles. The van der Waals surface area contributed by atoms with E-state index >= 15 is 0 Å². The van der Waals surface area contributed by atoms with Crippen molar-refractivity contribution >= 4 is 5.95 Å². The van der Waals surface area contributed by atoms with E-state index in [9.17, 15) is 0 Å². The highest BCUT2D eigenvalue weighted by atomic mass is 15.1. The van der Waals surface area contributed by atoms with Crippen LogP contribution in [0.2, 0.25) is 0 Å².